The summed E-state index contributed by atoms with van der Waals surface area (Å²) >= 11 is 3.61. The van der Waals surface area contributed by atoms with Gasteiger partial charge in [-0.25, -0.2) is 0 Å². The normalized spacial score (nSPS) is 18.3. The number of rotatable bonds is 7. The van der Waals surface area contributed by atoms with E-state index in [1.807, 2.05) is 0 Å². The largest absolute Gasteiger partial charge is 0.385 e. The molecule has 4 heteroatoms. The standard InChI is InChI=1S/C18H28BrNO2/c1-3-5-6-7-18(21,4-2)15-12-16(19)14-17(13-15)20-8-10-22-11-9-20/h12-14,21H,3-11H2,1-2H3. The second kappa shape index (κ2) is 8.32. The van der Waals surface area contributed by atoms with Gasteiger partial charge in [-0.1, -0.05) is 49.0 Å². The van der Waals surface area contributed by atoms with Crippen LogP contribution in [0.2, 0.25) is 0 Å². The number of nitrogens with zero attached hydrogens (tertiary/aromatic N) is 1. The Kier molecular flexibility index (Phi) is 6.72. The Morgan fingerprint density at radius 3 is 2.55 bits per heavy atom. The minimum atomic E-state index is -0.722. The van der Waals surface area contributed by atoms with Crippen molar-refractivity contribution in [1.82, 2.24) is 0 Å². The highest BCUT2D eigenvalue weighted by Gasteiger charge is 2.28. The van der Waals surface area contributed by atoms with Crippen LogP contribution in [0.5, 0.6) is 0 Å². The molecular weight excluding hydrogens is 342 g/mol. The van der Waals surface area contributed by atoms with Gasteiger partial charge in [-0.15, -0.1) is 0 Å². The van der Waals surface area contributed by atoms with Crippen LogP contribution in [0.4, 0.5) is 5.69 Å². The molecule has 2 rings (SSSR count). The summed E-state index contributed by atoms with van der Waals surface area (Å²) in [6.07, 6.45) is 5.00. The van der Waals surface area contributed by atoms with Crippen molar-refractivity contribution in [2.45, 2.75) is 51.6 Å². The average Bonchev–Trinajstić information content (AvgIpc) is 2.55. The molecule has 0 aliphatic carbocycles. The van der Waals surface area contributed by atoms with Crippen molar-refractivity contribution in [3.63, 3.8) is 0 Å². The van der Waals surface area contributed by atoms with Gasteiger partial charge in [0.15, 0.2) is 0 Å². The van der Waals surface area contributed by atoms with Crippen molar-refractivity contribution >= 4 is 21.6 Å². The summed E-state index contributed by atoms with van der Waals surface area (Å²) in [6, 6.07) is 6.36. The Hall–Kier alpha value is -0.580. The number of unbranched alkanes of at least 4 members (excludes halogenated alkanes) is 2. The van der Waals surface area contributed by atoms with Gasteiger partial charge in [0, 0.05) is 23.2 Å². The first-order valence-corrected chi connectivity index (χ1v) is 9.24. The molecule has 3 nitrogen and oxygen atoms in total. The summed E-state index contributed by atoms with van der Waals surface area (Å²) in [5.41, 5.74) is 1.48. The van der Waals surface area contributed by atoms with E-state index in [4.69, 9.17) is 4.74 Å². The molecular formula is C18H28BrNO2. The molecule has 124 valence electrons. The summed E-state index contributed by atoms with van der Waals surface area (Å²) in [4.78, 5) is 2.33. The van der Waals surface area contributed by atoms with E-state index in [-0.39, 0.29) is 0 Å². The van der Waals surface area contributed by atoms with Crippen LogP contribution >= 0.6 is 15.9 Å². The van der Waals surface area contributed by atoms with E-state index in [0.717, 1.165) is 55.6 Å². The molecule has 1 fully saturated rings. The molecule has 0 radical (unpaired) electrons. The van der Waals surface area contributed by atoms with Gasteiger partial charge in [-0.3, -0.25) is 0 Å². The number of anilines is 1. The molecule has 1 aliphatic rings. The maximum Gasteiger partial charge on any atom is 0.0895 e. The Balaban J connectivity index is 2.22. The smallest absolute Gasteiger partial charge is 0.0895 e. The van der Waals surface area contributed by atoms with Crippen LogP contribution in [0.1, 0.15) is 51.5 Å². The fraction of sp³-hybridized carbons (Fsp3) is 0.667. The number of halogens is 1. The number of hydrogen-bond donors (Lipinski definition) is 1. The Morgan fingerprint density at radius 1 is 1.18 bits per heavy atom. The summed E-state index contributed by atoms with van der Waals surface area (Å²) in [5.74, 6) is 0. The first-order valence-electron chi connectivity index (χ1n) is 8.45. The van der Waals surface area contributed by atoms with Crippen molar-refractivity contribution in [2.75, 3.05) is 31.2 Å². The molecule has 1 N–H and O–H groups in total. The molecule has 22 heavy (non-hydrogen) atoms. The van der Waals surface area contributed by atoms with Crippen LogP contribution in [0.15, 0.2) is 22.7 Å². The molecule has 0 spiro atoms. The predicted molar refractivity (Wildman–Crippen MR) is 95.5 cm³/mol. The van der Waals surface area contributed by atoms with Crippen LogP contribution in [-0.4, -0.2) is 31.4 Å². The van der Waals surface area contributed by atoms with E-state index in [1.165, 1.54) is 18.5 Å². The third-order valence-corrected chi connectivity index (χ3v) is 5.03. The summed E-state index contributed by atoms with van der Waals surface area (Å²) in [5, 5.41) is 11.1. The third-order valence-electron chi connectivity index (χ3n) is 4.57. The zero-order chi connectivity index (χ0) is 16.0. The van der Waals surface area contributed by atoms with Gasteiger partial charge in [-0.05, 0) is 36.6 Å². The predicted octanol–water partition coefficient (Wildman–Crippen LogP) is 4.46. The first-order chi connectivity index (χ1) is 10.6. The highest BCUT2D eigenvalue weighted by Crippen LogP contribution is 2.35. The zero-order valence-corrected chi connectivity index (χ0v) is 15.4. The Morgan fingerprint density at radius 2 is 1.91 bits per heavy atom. The molecule has 1 aromatic carbocycles. The lowest BCUT2D eigenvalue weighted by molar-refractivity contribution is 0.0207. The molecule has 1 aromatic rings. The molecule has 0 saturated carbocycles. The van der Waals surface area contributed by atoms with Gasteiger partial charge in [0.1, 0.15) is 0 Å². The number of ether oxygens (including phenoxy) is 1. The number of morpholine rings is 1. The molecule has 0 bridgehead atoms. The van der Waals surface area contributed by atoms with E-state index >= 15 is 0 Å². The van der Waals surface area contributed by atoms with Crippen LogP contribution < -0.4 is 4.90 Å². The quantitative estimate of drug-likeness (QED) is 0.719. The Bertz CT molecular complexity index is 474. The third kappa shape index (κ3) is 4.46. The van der Waals surface area contributed by atoms with Crippen molar-refractivity contribution in [1.29, 1.82) is 0 Å². The fourth-order valence-electron chi connectivity index (χ4n) is 3.04. The van der Waals surface area contributed by atoms with Crippen LogP contribution in [0, 0.1) is 0 Å². The Labute approximate surface area is 142 Å². The highest BCUT2D eigenvalue weighted by atomic mass is 79.9. The van der Waals surface area contributed by atoms with Gasteiger partial charge in [0.2, 0.25) is 0 Å². The molecule has 1 unspecified atom stereocenters. The van der Waals surface area contributed by atoms with Crippen molar-refractivity contribution in [3.05, 3.63) is 28.2 Å². The molecule has 1 atom stereocenters. The van der Waals surface area contributed by atoms with E-state index in [2.05, 4.69) is 52.9 Å². The van der Waals surface area contributed by atoms with Gasteiger partial charge in [-0.2, -0.15) is 0 Å². The van der Waals surface area contributed by atoms with Crippen LogP contribution in [-0.2, 0) is 10.3 Å². The highest BCUT2D eigenvalue weighted by molar-refractivity contribution is 9.10. The number of aliphatic hydroxyl groups is 1. The van der Waals surface area contributed by atoms with Gasteiger partial charge < -0.3 is 14.7 Å². The van der Waals surface area contributed by atoms with Crippen molar-refractivity contribution < 1.29 is 9.84 Å². The van der Waals surface area contributed by atoms with Crippen molar-refractivity contribution in [2.24, 2.45) is 0 Å². The lowest BCUT2D eigenvalue weighted by atomic mass is 9.85. The molecule has 0 amide bonds. The lowest BCUT2D eigenvalue weighted by Crippen LogP contribution is -2.36. The summed E-state index contributed by atoms with van der Waals surface area (Å²) < 4.78 is 6.47. The van der Waals surface area contributed by atoms with E-state index in [9.17, 15) is 5.11 Å². The SMILES string of the molecule is CCCCCC(O)(CC)c1cc(Br)cc(N2CCOCC2)c1. The summed E-state index contributed by atoms with van der Waals surface area (Å²) in [6.45, 7) is 7.64. The lowest BCUT2D eigenvalue weighted by Gasteiger charge is -2.32. The topological polar surface area (TPSA) is 32.7 Å². The maximum atomic E-state index is 11.1. The van der Waals surface area contributed by atoms with E-state index in [0.29, 0.717) is 0 Å². The van der Waals surface area contributed by atoms with Crippen LogP contribution in [0.3, 0.4) is 0 Å². The number of benzene rings is 1. The number of hydrogen-bond acceptors (Lipinski definition) is 3. The minimum Gasteiger partial charge on any atom is -0.385 e. The summed E-state index contributed by atoms with van der Waals surface area (Å²) in [7, 11) is 0. The van der Waals surface area contributed by atoms with E-state index in [1.54, 1.807) is 0 Å². The van der Waals surface area contributed by atoms with Gasteiger partial charge in [0.05, 0.1) is 18.8 Å². The van der Waals surface area contributed by atoms with Gasteiger partial charge in [0.25, 0.3) is 0 Å². The van der Waals surface area contributed by atoms with E-state index < -0.39 is 5.60 Å². The molecule has 0 aromatic heterocycles. The second-order valence-electron chi connectivity index (χ2n) is 6.14. The molecule has 1 aliphatic heterocycles. The minimum absolute atomic E-state index is 0.722. The first kappa shape index (κ1) is 17.8. The van der Waals surface area contributed by atoms with Crippen molar-refractivity contribution in [3.8, 4) is 0 Å². The molecule has 1 heterocycles. The van der Waals surface area contributed by atoms with Gasteiger partial charge >= 0.3 is 0 Å². The maximum absolute atomic E-state index is 11.1. The second-order valence-corrected chi connectivity index (χ2v) is 7.06. The average molecular weight is 370 g/mol. The fourth-order valence-corrected chi connectivity index (χ4v) is 3.52. The van der Waals surface area contributed by atoms with Crippen LogP contribution in [0.25, 0.3) is 0 Å². The zero-order valence-electron chi connectivity index (χ0n) is 13.8. The monoisotopic (exact) mass is 369 g/mol. The molecule has 1 saturated heterocycles.